The second-order valence-corrected chi connectivity index (χ2v) is 6.35. The molecule has 6 heteroatoms. The van der Waals surface area contributed by atoms with Gasteiger partial charge < -0.3 is 15.0 Å². The van der Waals surface area contributed by atoms with E-state index in [1.54, 1.807) is 7.11 Å². The molecule has 0 bridgehead atoms. The molecule has 1 atom stereocenters. The Kier molecular flexibility index (Phi) is 5.71. The lowest BCUT2D eigenvalue weighted by Gasteiger charge is -2.23. The number of benzene rings is 1. The minimum atomic E-state index is -0.0270. The number of nitrogens with zero attached hydrogens (tertiary/aromatic N) is 3. The summed E-state index contributed by atoms with van der Waals surface area (Å²) in [6.45, 7) is 5.18. The monoisotopic (exact) mass is 342 g/mol. The predicted molar refractivity (Wildman–Crippen MR) is 96.8 cm³/mol. The normalized spacial score (nSPS) is 17.3. The van der Waals surface area contributed by atoms with E-state index in [9.17, 15) is 4.79 Å². The lowest BCUT2D eigenvalue weighted by atomic mass is 10.1. The third-order valence-electron chi connectivity index (χ3n) is 4.67. The molecule has 1 saturated heterocycles. The highest BCUT2D eigenvalue weighted by Crippen LogP contribution is 2.17. The Morgan fingerprint density at radius 2 is 2.16 bits per heavy atom. The largest absolute Gasteiger partial charge is 0.497 e. The number of methoxy groups -OCH3 is 1. The minimum Gasteiger partial charge on any atom is -0.497 e. The van der Waals surface area contributed by atoms with Gasteiger partial charge in [-0.1, -0.05) is 12.1 Å². The van der Waals surface area contributed by atoms with E-state index in [1.165, 1.54) is 0 Å². The molecule has 0 spiro atoms. The molecule has 1 unspecified atom stereocenters. The van der Waals surface area contributed by atoms with Crippen molar-refractivity contribution in [3.63, 3.8) is 0 Å². The van der Waals surface area contributed by atoms with Crippen LogP contribution in [-0.4, -0.2) is 47.3 Å². The van der Waals surface area contributed by atoms with Crippen LogP contribution >= 0.6 is 0 Å². The summed E-state index contributed by atoms with van der Waals surface area (Å²) >= 11 is 0. The third kappa shape index (κ3) is 4.20. The lowest BCUT2D eigenvalue weighted by Crippen LogP contribution is -2.33. The van der Waals surface area contributed by atoms with Gasteiger partial charge in [-0.3, -0.25) is 9.48 Å². The summed E-state index contributed by atoms with van der Waals surface area (Å²) in [4.78, 5) is 14.6. The van der Waals surface area contributed by atoms with Gasteiger partial charge in [0.25, 0.3) is 5.91 Å². The molecule has 0 aliphatic carbocycles. The fourth-order valence-electron chi connectivity index (χ4n) is 3.16. The quantitative estimate of drug-likeness (QED) is 0.876. The number of piperidine rings is 1. The molecule has 134 valence electrons. The molecule has 1 N–H and O–H groups in total. The summed E-state index contributed by atoms with van der Waals surface area (Å²) in [5, 5.41) is 7.92. The van der Waals surface area contributed by atoms with Crippen LogP contribution in [0.4, 0.5) is 0 Å². The maximum Gasteiger partial charge on any atom is 0.274 e. The Hall–Kier alpha value is -2.34. The van der Waals surface area contributed by atoms with E-state index < -0.39 is 0 Å². The van der Waals surface area contributed by atoms with E-state index in [1.807, 2.05) is 53.0 Å². The zero-order valence-electron chi connectivity index (χ0n) is 14.9. The zero-order valence-corrected chi connectivity index (χ0v) is 14.9. The Bertz CT molecular complexity index is 690. The van der Waals surface area contributed by atoms with Gasteiger partial charge in [0.1, 0.15) is 11.4 Å². The molecule has 2 heterocycles. The van der Waals surface area contributed by atoms with Gasteiger partial charge in [0.2, 0.25) is 0 Å². The van der Waals surface area contributed by atoms with Crippen molar-refractivity contribution in [2.75, 3.05) is 26.7 Å². The van der Waals surface area contributed by atoms with Gasteiger partial charge in [-0.25, -0.2) is 0 Å². The fraction of sp³-hybridized carbons (Fsp3) is 0.474. The van der Waals surface area contributed by atoms with Crippen LogP contribution in [0.15, 0.2) is 36.5 Å². The first kappa shape index (κ1) is 17.5. The van der Waals surface area contributed by atoms with Gasteiger partial charge >= 0.3 is 0 Å². The molecule has 6 nitrogen and oxygen atoms in total. The van der Waals surface area contributed by atoms with Crippen molar-refractivity contribution >= 4 is 5.91 Å². The van der Waals surface area contributed by atoms with Crippen molar-refractivity contribution in [2.45, 2.75) is 32.4 Å². The molecule has 25 heavy (non-hydrogen) atoms. The number of hydrogen-bond acceptors (Lipinski definition) is 4. The van der Waals surface area contributed by atoms with Crippen LogP contribution in [0.5, 0.6) is 5.75 Å². The number of amides is 1. The van der Waals surface area contributed by atoms with E-state index >= 15 is 0 Å². The number of nitrogens with one attached hydrogen (secondary N) is 1. The van der Waals surface area contributed by atoms with Crippen molar-refractivity contribution in [3.05, 3.63) is 47.8 Å². The highest BCUT2D eigenvalue weighted by molar-refractivity contribution is 5.92. The number of carbonyl (C=O) groups excluding carboxylic acids is 1. The molecule has 1 aliphatic heterocycles. The summed E-state index contributed by atoms with van der Waals surface area (Å²) < 4.78 is 7.11. The molecule has 0 radical (unpaired) electrons. The Labute approximate surface area is 148 Å². The second kappa shape index (κ2) is 8.16. The van der Waals surface area contributed by atoms with Gasteiger partial charge in [0.05, 0.1) is 13.2 Å². The summed E-state index contributed by atoms with van der Waals surface area (Å²) in [5.74, 6) is 0.791. The summed E-state index contributed by atoms with van der Waals surface area (Å²) in [5.41, 5.74) is 1.59. The average molecular weight is 342 g/mol. The highest BCUT2D eigenvalue weighted by atomic mass is 16.5. The molecule has 3 rings (SSSR count). The Morgan fingerprint density at radius 1 is 1.36 bits per heavy atom. The van der Waals surface area contributed by atoms with E-state index in [2.05, 4.69) is 10.4 Å². The molecule has 1 aromatic heterocycles. The van der Waals surface area contributed by atoms with Gasteiger partial charge in [0.15, 0.2) is 0 Å². The third-order valence-corrected chi connectivity index (χ3v) is 4.67. The van der Waals surface area contributed by atoms with Crippen LogP contribution in [-0.2, 0) is 6.54 Å². The van der Waals surface area contributed by atoms with E-state index in [0.717, 1.165) is 37.2 Å². The maximum absolute atomic E-state index is 12.8. The van der Waals surface area contributed by atoms with Gasteiger partial charge in [-0.2, -0.15) is 5.10 Å². The number of aromatic nitrogens is 2. The topological polar surface area (TPSA) is 59.4 Å². The van der Waals surface area contributed by atoms with E-state index in [4.69, 9.17) is 4.74 Å². The molecule has 1 aliphatic rings. The van der Waals surface area contributed by atoms with Gasteiger partial charge in [-0.05, 0) is 50.1 Å². The summed E-state index contributed by atoms with van der Waals surface area (Å²) in [7, 11) is 1.65. The van der Waals surface area contributed by atoms with Crippen molar-refractivity contribution in [3.8, 4) is 5.75 Å². The number of hydrogen-bond donors (Lipinski definition) is 1. The van der Waals surface area contributed by atoms with Crippen LogP contribution in [0.2, 0.25) is 0 Å². The molecule has 0 saturated carbocycles. The molecular weight excluding hydrogens is 316 g/mol. The zero-order chi connectivity index (χ0) is 17.6. The van der Waals surface area contributed by atoms with E-state index in [-0.39, 0.29) is 5.91 Å². The lowest BCUT2D eigenvalue weighted by molar-refractivity contribution is 0.0745. The molecule has 1 fully saturated rings. The predicted octanol–water partition coefficient (Wildman–Crippen LogP) is 2.48. The molecule has 1 amide bonds. The number of rotatable bonds is 6. The van der Waals surface area contributed by atoms with Crippen molar-refractivity contribution in [2.24, 2.45) is 0 Å². The molecule has 2 aromatic rings. The van der Waals surface area contributed by atoms with Crippen molar-refractivity contribution < 1.29 is 9.53 Å². The van der Waals surface area contributed by atoms with Crippen LogP contribution in [0, 0.1) is 0 Å². The maximum atomic E-state index is 12.8. The van der Waals surface area contributed by atoms with Crippen LogP contribution < -0.4 is 10.1 Å². The number of carbonyl (C=O) groups is 1. The van der Waals surface area contributed by atoms with Crippen LogP contribution in [0.25, 0.3) is 0 Å². The van der Waals surface area contributed by atoms with Crippen LogP contribution in [0.3, 0.4) is 0 Å². The summed E-state index contributed by atoms with van der Waals surface area (Å²) in [6.07, 6.45) is 4.17. The first-order valence-corrected chi connectivity index (χ1v) is 8.89. The smallest absolute Gasteiger partial charge is 0.274 e. The highest BCUT2D eigenvalue weighted by Gasteiger charge is 2.20. The Balaban J connectivity index is 1.67. The van der Waals surface area contributed by atoms with E-state index in [0.29, 0.717) is 24.8 Å². The van der Waals surface area contributed by atoms with Crippen LogP contribution in [0.1, 0.15) is 41.9 Å². The number of ether oxygens (including phenoxy) is 1. The first-order valence-electron chi connectivity index (χ1n) is 8.89. The molecule has 1 aromatic carbocycles. The Morgan fingerprint density at radius 3 is 2.80 bits per heavy atom. The second-order valence-electron chi connectivity index (χ2n) is 6.35. The average Bonchev–Trinajstić information content (AvgIpc) is 3.17. The molecular formula is C19H26N4O2. The summed E-state index contributed by atoms with van der Waals surface area (Å²) in [6, 6.07) is 9.97. The SMILES string of the molecule is CCN(Cc1ccc(OC)cc1)C(=O)c1ccn(C2CCCNC2)n1. The minimum absolute atomic E-state index is 0.0270. The van der Waals surface area contributed by atoms with Crippen molar-refractivity contribution in [1.82, 2.24) is 20.0 Å². The van der Waals surface area contributed by atoms with Gasteiger partial charge in [0, 0.05) is 25.8 Å². The standard InChI is InChI=1S/C19H26N4O2/c1-3-22(14-15-6-8-17(25-2)9-7-15)19(24)18-10-12-23(21-18)16-5-4-11-20-13-16/h6-10,12,16,20H,3-5,11,13-14H2,1-2H3. The van der Waals surface area contributed by atoms with Gasteiger partial charge in [-0.15, -0.1) is 0 Å². The fourth-order valence-corrected chi connectivity index (χ4v) is 3.16. The first-order chi connectivity index (χ1) is 12.2. The van der Waals surface area contributed by atoms with Crippen molar-refractivity contribution in [1.29, 1.82) is 0 Å².